The molecule has 0 aliphatic carbocycles. The number of rotatable bonds is 5. The van der Waals surface area contributed by atoms with Crippen LogP contribution in [-0.4, -0.2) is 28.8 Å². The molecule has 1 aromatic rings. The maximum absolute atomic E-state index is 11.7. The van der Waals surface area contributed by atoms with Crippen molar-refractivity contribution >= 4 is 11.8 Å². The minimum Gasteiger partial charge on any atom is -0.467 e. The van der Waals surface area contributed by atoms with Crippen molar-refractivity contribution in [3.8, 4) is 0 Å². The fourth-order valence-corrected chi connectivity index (χ4v) is 1.59. The lowest BCUT2D eigenvalue weighted by Crippen LogP contribution is -2.44. The molecule has 88 valence electrons. The number of methoxy groups -OCH3 is 1. The van der Waals surface area contributed by atoms with E-state index >= 15 is 0 Å². The van der Waals surface area contributed by atoms with Crippen molar-refractivity contribution in [1.29, 1.82) is 0 Å². The zero-order valence-corrected chi connectivity index (χ0v) is 9.86. The number of carbonyl (C=O) groups excluding carboxylic acids is 1. The standard InChI is InChI=1S/C11H17N3O2/c1-4-7-11(2,10(15)16-3)13-9-6-5-8-12-14-9/h5-6,8H,4,7H2,1-3H3,(H,13,14). The maximum atomic E-state index is 11.7. The third kappa shape index (κ3) is 2.92. The van der Waals surface area contributed by atoms with E-state index in [2.05, 4.69) is 15.5 Å². The Morgan fingerprint density at radius 1 is 1.62 bits per heavy atom. The summed E-state index contributed by atoms with van der Waals surface area (Å²) in [4.78, 5) is 11.7. The minimum atomic E-state index is -0.750. The summed E-state index contributed by atoms with van der Waals surface area (Å²) >= 11 is 0. The minimum absolute atomic E-state index is 0.292. The van der Waals surface area contributed by atoms with Gasteiger partial charge in [-0.05, 0) is 25.5 Å². The molecular formula is C11H17N3O2. The third-order valence-electron chi connectivity index (χ3n) is 2.36. The third-order valence-corrected chi connectivity index (χ3v) is 2.36. The molecule has 1 aromatic heterocycles. The van der Waals surface area contributed by atoms with E-state index in [-0.39, 0.29) is 5.97 Å². The maximum Gasteiger partial charge on any atom is 0.331 e. The second kappa shape index (κ2) is 5.44. The first-order chi connectivity index (χ1) is 7.62. The lowest BCUT2D eigenvalue weighted by molar-refractivity contribution is -0.145. The lowest BCUT2D eigenvalue weighted by atomic mass is 9.96. The Morgan fingerprint density at radius 2 is 2.38 bits per heavy atom. The van der Waals surface area contributed by atoms with Crippen LogP contribution in [0.3, 0.4) is 0 Å². The number of hydrogen-bond acceptors (Lipinski definition) is 5. The zero-order chi connectivity index (χ0) is 12.0. The number of carbonyl (C=O) groups is 1. The molecule has 0 radical (unpaired) electrons. The Hall–Kier alpha value is -1.65. The second-order valence-electron chi connectivity index (χ2n) is 3.81. The van der Waals surface area contributed by atoms with Gasteiger partial charge in [-0.3, -0.25) is 0 Å². The topological polar surface area (TPSA) is 64.1 Å². The van der Waals surface area contributed by atoms with Crippen LogP contribution in [-0.2, 0) is 9.53 Å². The number of ether oxygens (including phenoxy) is 1. The molecule has 0 aliphatic rings. The Bertz CT molecular complexity index is 342. The summed E-state index contributed by atoms with van der Waals surface area (Å²) in [5, 5.41) is 10.7. The molecule has 0 amide bonds. The van der Waals surface area contributed by atoms with Crippen molar-refractivity contribution in [3.63, 3.8) is 0 Å². The molecule has 1 unspecified atom stereocenters. The van der Waals surface area contributed by atoms with E-state index in [9.17, 15) is 4.79 Å². The van der Waals surface area contributed by atoms with Gasteiger partial charge in [0.1, 0.15) is 11.4 Å². The average Bonchev–Trinajstić information content (AvgIpc) is 2.29. The van der Waals surface area contributed by atoms with E-state index in [1.54, 1.807) is 25.3 Å². The first-order valence-electron chi connectivity index (χ1n) is 5.26. The van der Waals surface area contributed by atoms with Gasteiger partial charge < -0.3 is 10.1 Å². The first-order valence-corrected chi connectivity index (χ1v) is 5.26. The van der Waals surface area contributed by atoms with Crippen LogP contribution in [0.5, 0.6) is 0 Å². The van der Waals surface area contributed by atoms with Gasteiger partial charge in [-0.15, -0.1) is 5.10 Å². The largest absolute Gasteiger partial charge is 0.467 e. The SMILES string of the molecule is CCCC(C)(Nc1cccnn1)C(=O)OC. The number of aromatic nitrogens is 2. The highest BCUT2D eigenvalue weighted by Crippen LogP contribution is 2.19. The summed E-state index contributed by atoms with van der Waals surface area (Å²) in [6, 6.07) is 3.53. The van der Waals surface area contributed by atoms with Crippen molar-refractivity contribution in [2.24, 2.45) is 0 Å². The smallest absolute Gasteiger partial charge is 0.331 e. The molecule has 1 N–H and O–H groups in total. The Kier molecular flexibility index (Phi) is 4.22. The van der Waals surface area contributed by atoms with E-state index in [1.165, 1.54) is 7.11 Å². The summed E-state index contributed by atoms with van der Waals surface area (Å²) < 4.78 is 4.79. The highest BCUT2D eigenvalue weighted by molar-refractivity contribution is 5.83. The zero-order valence-electron chi connectivity index (χ0n) is 9.86. The predicted octanol–water partition coefficient (Wildman–Crippen LogP) is 1.62. The molecule has 0 spiro atoms. The molecule has 0 aromatic carbocycles. The van der Waals surface area contributed by atoms with E-state index in [1.807, 2.05) is 6.92 Å². The van der Waals surface area contributed by atoms with E-state index in [0.29, 0.717) is 12.2 Å². The van der Waals surface area contributed by atoms with Gasteiger partial charge in [-0.25, -0.2) is 4.79 Å². The van der Waals surface area contributed by atoms with Crippen LogP contribution >= 0.6 is 0 Å². The van der Waals surface area contributed by atoms with Crippen LogP contribution < -0.4 is 5.32 Å². The Morgan fingerprint density at radius 3 is 2.88 bits per heavy atom. The van der Waals surface area contributed by atoms with Gasteiger partial charge in [0.25, 0.3) is 0 Å². The van der Waals surface area contributed by atoms with Crippen LogP contribution in [0.4, 0.5) is 5.82 Å². The quantitative estimate of drug-likeness (QED) is 0.768. The number of nitrogens with one attached hydrogen (secondary N) is 1. The Balaban J connectivity index is 2.83. The molecule has 5 heteroatoms. The van der Waals surface area contributed by atoms with Crippen LogP contribution in [0, 0.1) is 0 Å². The van der Waals surface area contributed by atoms with Gasteiger partial charge in [0.05, 0.1) is 7.11 Å². The molecule has 0 bridgehead atoms. The van der Waals surface area contributed by atoms with Crippen LogP contribution in [0.1, 0.15) is 26.7 Å². The molecule has 5 nitrogen and oxygen atoms in total. The van der Waals surface area contributed by atoms with Crippen molar-refractivity contribution in [3.05, 3.63) is 18.3 Å². The molecule has 0 saturated carbocycles. The predicted molar refractivity (Wildman–Crippen MR) is 61.0 cm³/mol. The number of hydrogen-bond donors (Lipinski definition) is 1. The van der Waals surface area contributed by atoms with Crippen molar-refractivity contribution in [1.82, 2.24) is 10.2 Å². The van der Waals surface area contributed by atoms with E-state index in [4.69, 9.17) is 4.74 Å². The number of nitrogens with zero attached hydrogens (tertiary/aromatic N) is 2. The van der Waals surface area contributed by atoms with Crippen molar-refractivity contribution in [2.45, 2.75) is 32.2 Å². The van der Waals surface area contributed by atoms with Gasteiger partial charge >= 0.3 is 5.97 Å². The van der Waals surface area contributed by atoms with E-state index < -0.39 is 5.54 Å². The molecule has 16 heavy (non-hydrogen) atoms. The van der Waals surface area contributed by atoms with Crippen LogP contribution in [0.2, 0.25) is 0 Å². The molecule has 0 saturated heterocycles. The monoisotopic (exact) mass is 223 g/mol. The van der Waals surface area contributed by atoms with Gasteiger partial charge in [0.2, 0.25) is 0 Å². The first kappa shape index (κ1) is 12.4. The summed E-state index contributed by atoms with van der Waals surface area (Å²) in [6.07, 6.45) is 3.13. The van der Waals surface area contributed by atoms with Crippen molar-refractivity contribution < 1.29 is 9.53 Å². The molecule has 0 aliphatic heterocycles. The molecule has 0 fully saturated rings. The van der Waals surface area contributed by atoms with Crippen LogP contribution in [0.25, 0.3) is 0 Å². The van der Waals surface area contributed by atoms with Gasteiger partial charge in [-0.2, -0.15) is 5.10 Å². The Labute approximate surface area is 95.2 Å². The number of esters is 1. The van der Waals surface area contributed by atoms with Gasteiger partial charge in [0, 0.05) is 6.20 Å². The number of anilines is 1. The van der Waals surface area contributed by atoms with Crippen molar-refractivity contribution in [2.75, 3.05) is 12.4 Å². The fourth-order valence-electron chi connectivity index (χ4n) is 1.59. The normalized spacial score (nSPS) is 13.9. The van der Waals surface area contributed by atoms with E-state index in [0.717, 1.165) is 6.42 Å². The molecule has 1 rings (SSSR count). The summed E-state index contributed by atoms with van der Waals surface area (Å²) in [5.74, 6) is 0.281. The van der Waals surface area contributed by atoms with Gasteiger partial charge in [0.15, 0.2) is 0 Å². The summed E-state index contributed by atoms with van der Waals surface area (Å²) in [6.45, 7) is 3.82. The highest BCUT2D eigenvalue weighted by atomic mass is 16.5. The second-order valence-corrected chi connectivity index (χ2v) is 3.81. The molecule has 1 atom stereocenters. The molecule has 1 heterocycles. The summed E-state index contributed by atoms with van der Waals surface area (Å²) in [5.41, 5.74) is -0.750. The summed E-state index contributed by atoms with van der Waals surface area (Å²) in [7, 11) is 1.38. The average molecular weight is 223 g/mol. The fraction of sp³-hybridized carbons (Fsp3) is 0.545. The highest BCUT2D eigenvalue weighted by Gasteiger charge is 2.33. The van der Waals surface area contributed by atoms with Gasteiger partial charge in [-0.1, -0.05) is 13.3 Å². The lowest BCUT2D eigenvalue weighted by Gasteiger charge is -2.27. The molecular weight excluding hydrogens is 206 g/mol. The van der Waals surface area contributed by atoms with Crippen LogP contribution in [0.15, 0.2) is 18.3 Å².